The van der Waals surface area contributed by atoms with Crippen LogP contribution in [-0.2, 0) is 5.75 Å². The molecule has 0 atom stereocenters. The molecule has 0 unspecified atom stereocenters. The number of nitrogens with one attached hydrogen (secondary N) is 1. The van der Waals surface area contributed by atoms with Crippen LogP contribution >= 0.6 is 11.8 Å². The van der Waals surface area contributed by atoms with Crippen molar-refractivity contribution in [2.24, 2.45) is 0 Å². The van der Waals surface area contributed by atoms with Gasteiger partial charge >= 0.3 is 0 Å². The third-order valence-corrected chi connectivity index (χ3v) is 4.41. The molecule has 2 aromatic carbocycles. The van der Waals surface area contributed by atoms with Gasteiger partial charge in [-0.1, -0.05) is 23.9 Å². The maximum atomic E-state index is 13.7. The van der Waals surface area contributed by atoms with Crippen molar-refractivity contribution < 1.29 is 18.3 Å². The van der Waals surface area contributed by atoms with Crippen LogP contribution in [0.1, 0.15) is 5.56 Å². The molecular weight excluding hydrogens is 348 g/mol. The first-order chi connectivity index (χ1) is 12.1. The largest absolute Gasteiger partial charge is 0.497 e. The molecular formula is C17H15F2N3O2S. The molecule has 0 aliphatic rings. The molecule has 130 valence electrons. The van der Waals surface area contributed by atoms with E-state index in [4.69, 9.17) is 9.47 Å². The Labute approximate surface area is 147 Å². The molecule has 1 N–H and O–H groups in total. The van der Waals surface area contributed by atoms with E-state index in [2.05, 4.69) is 15.2 Å². The molecule has 1 aromatic heterocycles. The summed E-state index contributed by atoms with van der Waals surface area (Å²) in [5, 5.41) is 7.35. The maximum Gasteiger partial charge on any atom is 0.209 e. The Morgan fingerprint density at radius 2 is 1.96 bits per heavy atom. The molecule has 3 rings (SSSR count). The number of thioether (sulfide) groups is 1. The highest BCUT2D eigenvalue weighted by Gasteiger charge is 2.14. The lowest BCUT2D eigenvalue weighted by Gasteiger charge is -2.07. The van der Waals surface area contributed by atoms with E-state index in [0.29, 0.717) is 22.5 Å². The first-order valence-electron chi connectivity index (χ1n) is 7.33. The van der Waals surface area contributed by atoms with E-state index in [1.165, 1.54) is 23.9 Å². The monoisotopic (exact) mass is 363 g/mol. The van der Waals surface area contributed by atoms with Crippen LogP contribution in [-0.4, -0.2) is 29.4 Å². The summed E-state index contributed by atoms with van der Waals surface area (Å²) in [5.74, 6) is 0.279. The van der Waals surface area contributed by atoms with Crippen LogP contribution in [0.4, 0.5) is 8.78 Å². The highest BCUT2D eigenvalue weighted by atomic mass is 32.2. The number of hydrogen-bond donors (Lipinski definition) is 1. The fourth-order valence-corrected chi connectivity index (χ4v) is 3.00. The van der Waals surface area contributed by atoms with Gasteiger partial charge in [-0.25, -0.2) is 13.8 Å². The molecule has 0 bridgehead atoms. The minimum Gasteiger partial charge on any atom is -0.497 e. The van der Waals surface area contributed by atoms with Crippen LogP contribution in [0.2, 0.25) is 0 Å². The summed E-state index contributed by atoms with van der Waals surface area (Å²) in [6.45, 7) is 0. The van der Waals surface area contributed by atoms with Gasteiger partial charge in [0.05, 0.1) is 19.8 Å². The number of benzene rings is 2. The SMILES string of the molecule is COc1ccc(-c2nc(SCc3cccc(F)c3F)n[nH]2)c(OC)c1. The first-order valence-corrected chi connectivity index (χ1v) is 8.31. The Morgan fingerprint density at radius 3 is 2.72 bits per heavy atom. The Morgan fingerprint density at radius 1 is 1.12 bits per heavy atom. The topological polar surface area (TPSA) is 60.0 Å². The van der Waals surface area contributed by atoms with Crippen molar-refractivity contribution >= 4 is 11.8 Å². The second-order valence-electron chi connectivity index (χ2n) is 5.03. The summed E-state index contributed by atoms with van der Waals surface area (Å²) in [4.78, 5) is 4.37. The normalized spacial score (nSPS) is 10.7. The second-order valence-corrected chi connectivity index (χ2v) is 5.98. The van der Waals surface area contributed by atoms with Crippen molar-refractivity contribution in [2.45, 2.75) is 10.9 Å². The number of ether oxygens (including phenoxy) is 2. The van der Waals surface area contributed by atoms with E-state index in [9.17, 15) is 8.78 Å². The van der Waals surface area contributed by atoms with Gasteiger partial charge in [0.2, 0.25) is 5.16 Å². The van der Waals surface area contributed by atoms with Gasteiger partial charge in [0.15, 0.2) is 17.5 Å². The summed E-state index contributed by atoms with van der Waals surface area (Å²) in [6.07, 6.45) is 0. The van der Waals surface area contributed by atoms with Crippen molar-refractivity contribution in [3.05, 3.63) is 53.6 Å². The minimum absolute atomic E-state index is 0.223. The molecule has 0 aliphatic heterocycles. The number of methoxy groups -OCH3 is 2. The Balaban J connectivity index is 1.78. The fraction of sp³-hybridized carbons (Fsp3) is 0.176. The van der Waals surface area contributed by atoms with Crippen LogP contribution < -0.4 is 9.47 Å². The smallest absolute Gasteiger partial charge is 0.209 e. The van der Waals surface area contributed by atoms with Crippen LogP contribution in [0, 0.1) is 11.6 Å². The van der Waals surface area contributed by atoms with Crippen LogP contribution in [0.25, 0.3) is 11.4 Å². The fourth-order valence-electron chi connectivity index (χ4n) is 2.23. The molecule has 0 saturated heterocycles. The average molecular weight is 363 g/mol. The van der Waals surface area contributed by atoms with Crippen LogP contribution in [0.3, 0.4) is 0 Å². The van der Waals surface area contributed by atoms with Crippen molar-refractivity contribution in [1.82, 2.24) is 15.2 Å². The summed E-state index contributed by atoms with van der Waals surface area (Å²) in [5.41, 5.74) is 0.984. The number of aromatic nitrogens is 3. The number of hydrogen-bond acceptors (Lipinski definition) is 5. The van der Waals surface area contributed by atoms with Gasteiger partial charge < -0.3 is 9.47 Å². The molecule has 0 aliphatic carbocycles. The van der Waals surface area contributed by atoms with E-state index < -0.39 is 11.6 Å². The average Bonchev–Trinajstić information content (AvgIpc) is 3.11. The highest BCUT2D eigenvalue weighted by molar-refractivity contribution is 7.98. The molecule has 0 spiro atoms. The summed E-state index contributed by atoms with van der Waals surface area (Å²) >= 11 is 1.21. The second kappa shape index (κ2) is 7.52. The molecule has 0 amide bonds. The first kappa shape index (κ1) is 17.2. The van der Waals surface area contributed by atoms with Crippen LogP contribution in [0.15, 0.2) is 41.6 Å². The lowest BCUT2D eigenvalue weighted by Crippen LogP contribution is -1.92. The minimum atomic E-state index is -0.864. The van der Waals surface area contributed by atoms with Gasteiger partial charge in [-0.05, 0) is 18.2 Å². The zero-order valence-electron chi connectivity index (χ0n) is 13.5. The molecule has 1 heterocycles. The molecule has 0 fully saturated rings. The van der Waals surface area contributed by atoms with Crippen molar-refractivity contribution in [3.63, 3.8) is 0 Å². The van der Waals surface area contributed by atoms with Gasteiger partial charge in [-0.2, -0.15) is 0 Å². The quantitative estimate of drug-likeness (QED) is 0.669. The number of nitrogens with zero attached hydrogens (tertiary/aromatic N) is 2. The van der Waals surface area contributed by atoms with Crippen molar-refractivity contribution in [2.75, 3.05) is 14.2 Å². The van der Waals surface area contributed by atoms with E-state index in [0.717, 1.165) is 11.6 Å². The molecule has 0 radical (unpaired) electrons. The number of rotatable bonds is 6. The van der Waals surface area contributed by atoms with Crippen molar-refractivity contribution in [3.8, 4) is 22.9 Å². The predicted molar refractivity (Wildman–Crippen MR) is 90.8 cm³/mol. The Hall–Kier alpha value is -2.61. The van der Waals surface area contributed by atoms with Crippen LogP contribution in [0.5, 0.6) is 11.5 Å². The highest BCUT2D eigenvalue weighted by Crippen LogP contribution is 2.32. The van der Waals surface area contributed by atoms with E-state index in [1.54, 1.807) is 32.4 Å². The standard InChI is InChI=1S/C17H15F2N3O2S/c1-23-11-6-7-12(14(8-11)24-2)16-20-17(22-21-16)25-9-10-4-3-5-13(18)15(10)19/h3-8H,9H2,1-2H3,(H,20,21,22). The number of aromatic amines is 1. The Bertz CT molecular complexity index is 886. The van der Waals surface area contributed by atoms with Gasteiger partial charge in [-0.15, -0.1) is 5.10 Å². The Kier molecular flexibility index (Phi) is 5.18. The van der Waals surface area contributed by atoms with E-state index >= 15 is 0 Å². The molecule has 0 saturated carbocycles. The summed E-state index contributed by atoms with van der Waals surface area (Å²) in [7, 11) is 3.13. The zero-order chi connectivity index (χ0) is 17.8. The summed E-state index contributed by atoms with van der Waals surface area (Å²) < 4.78 is 37.4. The zero-order valence-corrected chi connectivity index (χ0v) is 14.4. The lowest BCUT2D eigenvalue weighted by molar-refractivity contribution is 0.395. The maximum absolute atomic E-state index is 13.7. The third kappa shape index (κ3) is 3.74. The summed E-state index contributed by atoms with van der Waals surface area (Å²) in [6, 6.07) is 9.43. The van der Waals surface area contributed by atoms with E-state index in [-0.39, 0.29) is 11.3 Å². The molecule has 8 heteroatoms. The molecule has 5 nitrogen and oxygen atoms in total. The number of H-pyrrole nitrogens is 1. The van der Waals surface area contributed by atoms with Gasteiger partial charge in [0.1, 0.15) is 11.5 Å². The predicted octanol–water partition coefficient (Wildman–Crippen LogP) is 4.06. The lowest BCUT2D eigenvalue weighted by atomic mass is 10.2. The number of halogens is 2. The van der Waals surface area contributed by atoms with E-state index in [1.807, 2.05) is 0 Å². The van der Waals surface area contributed by atoms with Gasteiger partial charge in [-0.3, -0.25) is 5.10 Å². The molecule has 25 heavy (non-hydrogen) atoms. The van der Waals surface area contributed by atoms with Gasteiger partial charge in [0, 0.05) is 17.4 Å². The van der Waals surface area contributed by atoms with Gasteiger partial charge in [0.25, 0.3) is 0 Å². The van der Waals surface area contributed by atoms with Crippen molar-refractivity contribution in [1.29, 1.82) is 0 Å². The molecule has 3 aromatic rings. The third-order valence-electron chi connectivity index (χ3n) is 3.52.